The van der Waals surface area contributed by atoms with Gasteiger partial charge < -0.3 is 5.32 Å². The number of nitrogens with one attached hydrogen (secondary N) is 1. The van der Waals surface area contributed by atoms with Crippen LogP contribution in [0.4, 0.5) is 0 Å². The maximum atomic E-state index is 4.67. The van der Waals surface area contributed by atoms with Gasteiger partial charge in [0.2, 0.25) is 0 Å². The van der Waals surface area contributed by atoms with Crippen molar-refractivity contribution >= 4 is 11.3 Å². The highest BCUT2D eigenvalue weighted by molar-refractivity contribution is 7.09. The Morgan fingerprint density at radius 2 is 2.14 bits per heavy atom. The average molecular weight is 310 g/mol. The first-order valence-electron chi connectivity index (χ1n) is 8.38. The lowest BCUT2D eigenvalue weighted by molar-refractivity contribution is 0.0552. The summed E-state index contributed by atoms with van der Waals surface area (Å²) in [6.45, 7) is 14.6. The van der Waals surface area contributed by atoms with Gasteiger partial charge in [0.05, 0.1) is 10.7 Å². The van der Waals surface area contributed by atoms with Crippen molar-refractivity contribution in [1.82, 2.24) is 15.2 Å². The van der Waals surface area contributed by atoms with Crippen molar-refractivity contribution in [2.75, 3.05) is 13.1 Å². The minimum Gasteiger partial charge on any atom is -0.308 e. The van der Waals surface area contributed by atoms with E-state index < -0.39 is 0 Å². The van der Waals surface area contributed by atoms with Gasteiger partial charge in [0, 0.05) is 36.6 Å². The zero-order valence-electron chi connectivity index (χ0n) is 14.3. The van der Waals surface area contributed by atoms with Crippen molar-refractivity contribution in [2.45, 2.75) is 72.0 Å². The van der Waals surface area contributed by atoms with E-state index in [1.54, 1.807) is 11.3 Å². The highest BCUT2D eigenvalue weighted by Crippen LogP contribution is 2.27. The Hall–Kier alpha value is -0.450. The number of aromatic nitrogens is 1. The van der Waals surface area contributed by atoms with E-state index in [1.165, 1.54) is 30.0 Å². The zero-order valence-corrected chi connectivity index (χ0v) is 15.1. The Kier molecular flexibility index (Phi) is 5.81. The Morgan fingerprint density at radius 1 is 1.43 bits per heavy atom. The molecule has 21 heavy (non-hydrogen) atoms. The SMILES string of the molecule is CCC1(CC)CN(Cc2csc(C)n2)C(CC(C)C)CN1. The first kappa shape index (κ1) is 16.9. The molecule has 2 rings (SSSR count). The minimum absolute atomic E-state index is 0.290. The molecule has 120 valence electrons. The molecule has 1 atom stereocenters. The summed E-state index contributed by atoms with van der Waals surface area (Å²) in [5, 5.41) is 7.25. The van der Waals surface area contributed by atoms with Crippen LogP contribution in [0.15, 0.2) is 5.38 Å². The maximum Gasteiger partial charge on any atom is 0.0897 e. The first-order chi connectivity index (χ1) is 9.98. The third kappa shape index (κ3) is 4.27. The molecule has 3 nitrogen and oxygen atoms in total. The van der Waals surface area contributed by atoms with Gasteiger partial charge in [-0.05, 0) is 32.1 Å². The second-order valence-electron chi connectivity index (χ2n) is 6.91. The van der Waals surface area contributed by atoms with Crippen LogP contribution in [-0.2, 0) is 6.54 Å². The summed E-state index contributed by atoms with van der Waals surface area (Å²) in [5.41, 5.74) is 1.53. The van der Waals surface area contributed by atoms with Crippen molar-refractivity contribution in [3.8, 4) is 0 Å². The van der Waals surface area contributed by atoms with Crippen LogP contribution >= 0.6 is 11.3 Å². The largest absolute Gasteiger partial charge is 0.308 e. The van der Waals surface area contributed by atoms with Crippen LogP contribution in [-0.4, -0.2) is 34.6 Å². The van der Waals surface area contributed by atoms with E-state index in [0.29, 0.717) is 11.6 Å². The molecule has 1 aromatic rings. The quantitative estimate of drug-likeness (QED) is 0.865. The smallest absolute Gasteiger partial charge is 0.0897 e. The molecule has 0 saturated carbocycles. The fourth-order valence-corrected chi connectivity index (χ4v) is 4.02. The minimum atomic E-state index is 0.290. The number of hydrogen-bond acceptors (Lipinski definition) is 4. The molecule has 1 aliphatic rings. The van der Waals surface area contributed by atoms with E-state index in [-0.39, 0.29) is 0 Å². The van der Waals surface area contributed by atoms with Crippen LogP contribution in [0.1, 0.15) is 57.7 Å². The highest BCUT2D eigenvalue weighted by Gasteiger charge is 2.36. The van der Waals surface area contributed by atoms with Gasteiger partial charge in [-0.2, -0.15) is 0 Å². The Labute approximate surface area is 134 Å². The summed E-state index contributed by atoms with van der Waals surface area (Å²) in [6.07, 6.45) is 3.66. The van der Waals surface area contributed by atoms with E-state index >= 15 is 0 Å². The summed E-state index contributed by atoms with van der Waals surface area (Å²) in [5.74, 6) is 0.743. The van der Waals surface area contributed by atoms with Gasteiger partial charge in [0.15, 0.2) is 0 Å². The Bertz CT molecular complexity index is 437. The van der Waals surface area contributed by atoms with Gasteiger partial charge in [-0.1, -0.05) is 27.7 Å². The first-order valence-corrected chi connectivity index (χ1v) is 9.26. The molecule has 1 saturated heterocycles. The van der Waals surface area contributed by atoms with Crippen molar-refractivity contribution in [2.24, 2.45) is 5.92 Å². The molecule has 0 amide bonds. The van der Waals surface area contributed by atoms with Crippen LogP contribution in [0.25, 0.3) is 0 Å². The molecule has 1 aromatic heterocycles. The average Bonchev–Trinajstić information content (AvgIpc) is 2.86. The number of aryl methyl sites for hydroxylation is 1. The van der Waals surface area contributed by atoms with Gasteiger partial charge in [0.25, 0.3) is 0 Å². The lowest BCUT2D eigenvalue weighted by Gasteiger charge is -2.48. The molecule has 0 aromatic carbocycles. The van der Waals surface area contributed by atoms with Crippen LogP contribution in [0.5, 0.6) is 0 Å². The predicted molar refractivity (Wildman–Crippen MR) is 91.8 cm³/mol. The predicted octanol–water partition coefficient (Wildman–Crippen LogP) is 3.83. The van der Waals surface area contributed by atoms with Crippen LogP contribution < -0.4 is 5.32 Å². The van der Waals surface area contributed by atoms with Crippen LogP contribution in [0, 0.1) is 12.8 Å². The number of rotatable bonds is 6. The molecule has 0 aliphatic carbocycles. The number of thiazole rings is 1. The summed E-state index contributed by atoms with van der Waals surface area (Å²) in [7, 11) is 0. The number of nitrogens with zero attached hydrogens (tertiary/aromatic N) is 2. The molecular weight excluding hydrogens is 278 g/mol. The zero-order chi connectivity index (χ0) is 15.5. The molecule has 0 radical (unpaired) electrons. The second kappa shape index (κ2) is 7.21. The second-order valence-corrected chi connectivity index (χ2v) is 7.98. The third-order valence-electron chi connectivity index (χ3n) is 4.86. The fourth-order valence-electron chi connectivity index (χ4n) is 3.41. The number of piperazine rings is 1. The lowest BCUT2D eigenvalue weighted by Crippen LogP contribution is -2.63. The molecule has 1 N–H and O–H groups in total. The Morgan fingerprint density at radius 3 is 2.67 bits per heavy atom. The van der Waals surface area contributed by atoms with Crippen LogP contribution in [0.2, 0.25) is 0 Å². The molecule has 0 bridgehead atoms. The van der Waals surface area contributed by atoms with Gasteiger partial charge >= 0.3 is 0 Å². The third-order valence-corrected chi connectivity index (χ3v) is 5.69. The molecule has 1 fully saturated rings. The molecule has 0 spiro atoms. The topological polar surface area (TPSA) is 28.2 Å². The summed E-state index contributed by atoms with van der Waals surface area (Å²) in [4.78, 5) is 7.35. The maximum absolute atomic E-state index is 4.67. The van der Waals surface area contributed by atoms with Gasteiger partial charge in [-0.15, -0.1) is 11.3 Å². The van der Waals surface area contributed by atoms with E-state index in [0.717, 1.165) is 25.6 Å². The van der Waals surface area contributed by atoms with Crippen molar-refractivity contribution in [3.05, 3.63) is 16.1 Å². The van der Waals surface area contributed by atoms with Gasteiger partial charge in [-0.25, -0.2) is 4.98 Å². The van der Waals surface area contributed by atoms with Crippen molar-refractivity contribution < 1.29 is 0 Å². The molecule has 4 heteroatoms. The normalized spacial score (nSPS) is 22.9. The standard InChI is InChI=1S/C17H31N3S/c1-6-17(7-2)12-20(10-15-11-21-14(5)19-15)16(9-18-17)8-13(3)4/h11,13,16,18H,6-10,12H2,1-5H3. The molecule has 1 aliphatic heterocycles. The van der Waals surface area contributed by atoms with Gasteiger partial charge in [-0.3, -0.25) is 4.90 Å². The summed E-state index contributed by atoms with van der Waals surface area (Å²) >= 11 is 1.77. The summed E-state index contributed by atoms with van der Waals surface area (Å²) < 4.78 is 0. The molecule has 2 heterocycles. The highest BCUT2D eigenvalue weighted by atomic mass is 32.1. The Balaban J connectivity index is 2.12. The lowest BCUT2D eigenvalue weighted by atomic mass is 9.87. The molecular formula is C17H31N3S. The number of hydrogen-bond donors (Lipinski definition) is 1. The van der Waals surface area contributed by atoms with Crippen molar-refractivity contribution in [3.63, 3.8) is 0 Å². The van der Waals surface area contributed by atoms with E-state index in [1.807, 2.05) is 0 Å². The van der Waals surface area contributed by atoms with Crippen molar-refractivity contribution in [1.29, 1.82) is 0 Å². The molecule has 1 unspecified atom stereocenters. The van der Waals surface area contributed by atoms with E-state index in [9.17, 15) is 0 Å². The van der Waals surface area contributed by atoms with E-state index in [2.05, 4.69) is 55.2 Å². The van der Waals surface area contributed by atoms with Crippen LogP contribution in [0.3, 0.4) is 0 Å². The monoisotopic (exact) mass is 309 g/mol. The fraction of sp³-hybridized carbons (Fsp3) is 0.824. The van der Waals surface area contributed by atoms with Gasteiger partial charge in [0.1, 0.15) is 0 Å². The summed E-state index contributed by atoms with van der Waals surface area (Å²) in [6, 6.07) is 0.637. The van der Waals surface area contributed by atoms with E-state index in [4.69, 9.17) is 0 Å².